The average molecular weight is 377 g/mol. The molecule has 0 aliphatic carbocycles. The standard InChI is InChI=1S/C26H50N/c1-4-6-8-10-12-14-16-18-22-27(24-20-21-26(3)25-27)23-19-17-15-13-11-9-7-5-2/h20-21,24H,4-19,22-23,25H2,1-3H3/q+1. The summed E-state index contributed by atoms with van der Waals surface area (Å²) >= 11 is 0. The molecule has 1 heteroatoms. The van der Waals surface area contributed by atoms with Gasteiger partial charge in [0.15, 0.2) is 0 Å². The van der Waals surface area contributed by atoms with Crippen LogP contribution < -0.4 is 0 Å². The predicted octanol–water partition coefficient (Wildman–Crippen LogP) is 8.56. The van der Waals surface area contributed by atoms with Crippen molar-refractivity contribution < 1.29 is 4.48 Å². The highest BCUT2D eigenvalue weighted by Crippen LogP contribution is 2.22. The van der Waals surface area contributed by atoms with E-state index in [0.717, 1.165) is 0 Å². The van der Waals surface area contributed by atoms with Gasteiger partial charge in [-0.2, -0.15) is 0 Å². The Morgan fingerprint density at radius 1 is 0.630 bits per heavy atom. The van der Waals surface area contributed by atoms with Gasteiger partial charge < -0.3 is 0 Å². The topological polar surface area (TPSA) is 0 Å². The van der Waals surface area contributed by atoms with E-state index >= 15 is 0 Å². The number of allylic oxidation sites excluding steroid dienone is 2. The Balaban J connectivity index is 2.20. The molecule has 0 aromatic heterocycles. The van der Waals surface area contributed by atoms with Crippen LogP contribution in [0.2, 0.25) is 0 Å². The van der Waals surface area contributed by atoms with Gasteiger partial charge in [-0.15, -0.1) is 0 Å². The summed E-state index contributed by atoms with van der Waals surface area (Å²) in [5, 5.41) is 0. The number of rotatable bonds is 18. The summed E-state index contributed by atoms with van der Waals surface area (Å²) < 4.78 is 1.23. The van der Waals surface area contributed by atoms with E-state index in [0.29, 0.717) is 0 Å². The van der Waals surface area contributed by atoms with Crippen molar-refractivity contribution in [3.63, 3.8) is 0 Å². The van der Waals surface area contributed by atoms with Crippen molar-refractivity contribution in [1.29, 1.82) is 0 Å². The molecule has 0 aromatic carbocycles. The van der Waals surface area contributed by atoms with Crippen LogP contribution >= 0.6 is 0 Å². The van der Waals surface area contributed by atoms with Gasteiger partial charge in [-0.25, -0.2) is 0 Å². The molecular weight excluding hydrogens is 326 g/mol. The van der Waals surface area contributed by atoms with E-state index < -0.39 is 0 Å². The molecular formula is C26H50N+. The van der Waals surface area contributed by atoms with Gasteiger partial charge >= 0.3 is 0 Å². The highest BCUT2D eigenvalue weighted by molar-refractivity contribution is 5.12. The second-order valence-electron chi connectivity index (χ2n) is 9.13. The van der Waals surface area contributed by atoms with Crippen molar-refractivity contribution in [2.45, 2.75) is 124 Å². The van der Waals surface area contributed by atoms with Gasteiger partial charge in [0.05, 0.1) is 19.3 Å². The third kappa shape index (κ3) is 12.5. The Bertz CT molecular complexity index is 373. The van der Waals surface area contributed by atoms with Gasteiger partial charge in [0, 0.05) is 0 Å². The van der Waals surface area contributed by atoms with Crippen molar-refractivity contribution in [3.8, 4) is 0 Å². The molecule has 1 nitrogen and oxygen atoms in total. The van der Waals surface area contributed by atoms with E-state index in [9.17, 15) is 0 Å². The monoisotopic (exact) mass is 376 g/mol. The molecule has 1 aliphatic heterocycles. The second kappa shape index (κ2) is 16.4. The van der Waals surface area contributed by atoms with Gasteiger partial charge in [-0.3, -0.25) is 4.48 Å². The summed E-state index contributed by atoms with van der Waals surface area (Å²) in [5.74, 6) is 0. The second-order valence-corrected chi connectivity index (χ2v) is 9.13. The molecule has 0 amide bonds. The van der Waals surface area contributed by atoms with E-state index in [-0.39, 0.29) is 0 Å². The molecule has 0 radical (unpaired) electrons. The maximum absolute atomic E-state index is 2.51. The Morgan fingerprint density at radius 3 is 1.44 bits per heavy atom. The molecule has 0 unspecified atom stereocenters. The molecule has 0 saturated carbocycles. The van der Waals surface area contributed by atoms with Crippen LogP contribution in [-0.2, 0) is 0 Å². The van der Waals surface area contributed by atoms with Crippen LogP contribution in [0.15, 0.2) is 23.9 Å². The minimum Gasteiger partial charge on any atom is -0.294 e. The summed E-state index contributed by atoms with van der Waals surface area (Å²) in [5.41, 5.74) is 1.57. The van der Waals surface area contributed by atoms with E-state index in [2.05, 4.69) is 39.1 Å². The SMILES string of the molecule is CCCCCCCCCC[N+]1(CCCCCCCCCC)C=CC=C(C)C1. The fraction of sp³-hybridized carbons (Fsp3) is 0.846. The van der Waals surface area contributed by atoms with Crippen LogP contribution in [-0.4, -0.2) is 24.1 Å². The van der Waals surface area contributed by atoms with Crippen LogP contribution in [0, 0.1) is 0 Å². The molecule has 158 valence electrons. The van der Waals surface area contributed by atoms with Gasteiger partial charge in [0.1, 0.15) is 6.54 Å². The van der Waals surface area contributed by atoms with Gasteiger partial charge in [0.25, 0.3) is 0 Å². The zero-order valence-corrected chi connectivity index (χ0v) is 19.1. The first-order valence-electron chi connectivity index (χ1n) is 12.4. The quantitative estimate of drug-likeness (QED) is 0.166. The number of nitrogens with zero attached hydrogens (tertiary/aromatic N) is 1. The minimum absolute atomic E-state index is 1.23. The summed E-state index contributed by atoms with van der Waals surface area (Å²) in [7, 11) is 0. The molecule has 1 heterocycles. The number of hydrogen-bond donors (Lipinski definition) is 0. The van der Waals surface area contributed by atoms with E-state index in [4.69, 9.17) is 0 Å². The van der Waals surface area contributed by atoms with E-state index in [1.54, 1.807) is 5.57 Å². The van der Waals surface area contributed by atoms with Gasteiger partial charge in [-0.05, 0) is 44.3 Å². The largest absolute Gasteiger partial charge is 0.294 e. The number of hydrogen-bond acceptors (Lipinski definition) is 0. The molecule has 0 fully saturated rings. The minimum atomic E-state index is 1.23. The first kappa shape index (κ1) is 24.5. The zero-order chi connectivity index (χ0) is 19.6. The fourth-order valence-corrected chi connectivity index (χ4v) is 4.53. The first-order chi connectivity index (χ1) is 13.2. The molecule has 27 heavy (non-hydrogen) atoms. The molecule has 1 rings (SSSR count). The normalized spacial score (nSPS) is 15.9. The highest BCUT2D eigenvalue weighted by atomic mass is 15.3. The first-order valence-corrected chi connectivity index (χ1v) is 12.4. The molecule has 1 aliphatic rings. The Hall–Kier alpha value is -0.560. The van der Waals surface area contributed by atoms with Crippen LogP contribution in [0.3, 0.4) is 0 Å². The fourth-order valence-electron chi connectivity index (χ4n) is 4.53. The number of quaternary nitrogens is 1. The lowest BCUT2D eigenvalue weighted by Gasteiger charge is -2.37. The molecule has 0 N–H and O–H groups in total. The lowest BCUT2D eigenvalue weighted by molar-refractivity contribution is -0.876. The molecule has 0 aromatic rings. The Kier molecular flexibility index (Phi) is 14.9. The van der Waals surface area contributed by atoms with Crippen LogP contribution in [0.25, 0.3) is 0 Å². The maximum Gasteiger partial charge on any atom is 0.105 e. The summed E-state index contributed by atoms with van der Waals surface area (Å²) in [4.78, 5) is 0. The lowest BCUT2D eigenvalue weighted by Crippen LogP contribution is -2.46. The van der Waals surface area contributed by atoms with Crippen LogP contribution in [0.5, 0.6) is 0 Å². The Morgan fingerprint density at radius 2 is 1.04 bits per heavy atom. The molecule has 0 spiro atoms. The lowest BCUT2D eigenvalue weighted by atomic mass is 10.0. The van der Waals surface area contributed by atoms with Crippen molar-refractivity contribution in [2.75, 3.05) is 19.6 Å². The molecule has 0 saturated heterocycles. The van der Waals surface area contributed by atoms with Crippen molar-refractivity contribution in [1.82, 2.24) is 0 Å². The Labute approximate surface area is 171 Å². The highest BCUT2D eigenvalue weighted by Gasteiger charge is 2.26. The molecule has 0 bridgehead atoms. The maximum atomic E-state index is 2.51. The van der Waals surface area contributed by atoms with Crippen molar-refractivity contribution >= 4 is 0 Å². The van der Waals surface area contributed by atoms with E-state index in [1.165, 1.54) is 127 Å². The summed E-state index contributed by atoms with van der Waals surface area (Å²) in [6.45, 7) is 10.9. The van der Waals surface area contributed by atoms with Crippen LogP contribution in [0.1, 0.15) is 124 Å². The third-order valence-electron chi connectivity index (χ3n) is 6.26. The zero-order valence-electron chi connectivity index (χ0n) is 19.1. The number of unbranched alkanes of at least 4 members (excludes halogenated alkanes) is 14. The predicted molar refractivity (Wildman–Crippen MR) is 123 cm³/mol. The van der Waals surface area contributed by atoms with Gasteiger partial charge in [-0.1, -0.05) is 97.0 Å². The van der Waals surface area contributed by atoms with Crippen molar-refractivity contribution in [2.24, 2.45) is 0 Å². The van der Waals surface area contributed by atoms with Gasteiger partial charge in [0.2, 0.25) is 0 Å². The smallest absolute Gasteiger partial charge is 0.105 e. The summed E-state index contributed by atoms with van der Waals surface area (Å²) in [6.07, 6.45) is 30.0. The molecule has 0 atom stereocenters. The third-order valence-corrected chi connectivity index (χ3v) is 6.26. The van der Waals surface area contributed by atoms with Crippen LogP contribution in [0.4, 0.5) is 0 Å². The van der Waals surface area contributed by atoms with E-state index in [1.807, 2.05) is 0 Å². The van der Waals surface area contributed by atoms with Crippen molar-refractivity contribution in [3.05, 3.63) is 23.9 Å². The summed E-state index contributed by atoms with van der Waals surface area (Å²) in [6, 6.07) is 0. The average Bonchev–Trinajstić information content (AvgIpc) is 2.66.